The van der Waals surface area contributed by atoms with E-state index in [0.29, 0.717) is 19.3 Å². The fourth-order valence-corrected chi connectivity index (χ4v) is 6.95. The smallest absolute Gasteiger partial charge is 0.462 e. The Hall–Kier alpha value is -2.11. The minimum atomic E-state index is -4.66. The van der Waals surface area contributed by atoms with E-state index in [1.54, 1.807) is 12.2 Å². The third-order valence-corrected chi connectivity index (χ3v) is 10.7. The molecule has 0 aromatic heterocycles. The summed E-state index contributed by atoms with van der Waals surface area (Å²) in [6.45, 7) is 4.48. The predicted molar refractivity (Wildman–Crippen MR) is 239 cm³/mol. The first-order chi connectivity index (χ1) is 28.5. The highest BCUT2D eigenvalue weighted by molar-refractivity contribution is 7.47. The summed E-state index contributed by atoms with van der Waals surface area (Å²) in [4.78, 5) is 35.1. The summed E-state index contributed by atoms with van der Waals surface area (Å²) in [6.07, 6.45) is 39.7. The molecule has 1 unspecified atom stereocenters. The van der Waals surface area contributed by atoms with Crippen LogP contribution in [-0.4, -0.2) is 76.9 Å². The number of carbonyl (C=O) groups excluding carboxylic acids is 2. The van der Waals surface area contributed by atoms with Crippen LogP contribution in [0.1, 0.15) is 188 Å². The number of ether oxygens (including phenoxy) is 2. The molecular formula is C47H85O11P. The van der Waals surface area contributed by atoms with Crippen molar-refractivity contribution < 1.29 is 52.9 Å². The minimum Gasteiger partial charge on any atom is -0.462 e. The van der Waals surface area contributed by atoms with Crippen molar-refractivity contribution in [3.8, 4) is 0 Å². The van der Waals surface area contributed by atoms with Crippen LogP contribution in [0.25, 0.3) is 0 Å². The van der Waals surface area contributed by atoms with Gasteiger partial charge in [-0.05, 0) is 50.9 Å². The lowest BCUT2D eigenvalue weighted by Gasteiger charge is -2.20. The first kappa shape index (κ1) is 56.9. The number of rotatable bonds is 42. The molecule has 4 atom stereocenters. The van der Waals surface area contributed by atoms with Gasteiger partial charge in [0, 0.05) is 12.8 Å². The molecule has 0 aromatic carbocycles. The van der Waals surface area contributed by atoms with Gasteiger partial charge < -0.3 is 29.7 Å². The Balaban J connectivity index is 4.42. The maximum Gasteiger partial charge on any atom is 0.472 e. The van der Waals surface area contributed by atoms with E-state index < -0.39 is 64.5 Å². The molecule has 0 saturated carbocycles. The van der Waals surface area contributed by atoms with E-state index in [1.165, 1.54) is 96.3 Å². The zero-order valence-corrected chi connectivity index (χ0v) is 38.1. The van der Waals surface area contributed by atoms with Gasteiger partial charge in [-0.1, -0.05) is 179 Å². The van der Waals surface area contributed by atoms with Crippen LogP contribution < -0.4 is 0 Å². The van der Waals surface area contributed by atoms with Crippen LogP contribution in [-0.2, 0) is 32.7 Å². The van der Waals surface area contributed by atoms with Crippen LogP contribution in [0.5, 0.6) is 0 Å². The highest BCUT2D eigenvalue weighted by atomic mass is 31.2. The largest absolute Gasteiger partial charge is 0.472 e. The van der Waals surface area contributed by atoms with Crippen molar-refractivity contribution in [2.45, 2.75) is 206 Å². The average Bonchev–Trinajstić information content (AvgIpc) is 3.20. The van der Waals surface area contributed by atoms with E-state index in [4.69, 9.17) is 19.1 Å². The van der Waals surface area contributed by atoms with Gasteiger partial charge in [0.2, 0.25) is 0 Å². The number of aliphatic hydroxyl groups excluding tert-OH is 3. The van der Waals surface area contributed by atoms with Crippen molar-refractivity contribution >= 4 is 19.8 Å². The van der Waals surface area contributed by atoms with Gasteiger partial charge in [0.15, 0.2) is 6.10 Å². The number of hydrogen-bond donors (Lipinski definition) is 4. The lowest BCUT2D eigenvalue weighted by molar-refractivity contribution is -0.161. The highest BCUT2D eigenvalue weighted by Gasteiger charge is 2.27. The highest BCUT2D eigenvalue weighted by Crippen LogP contribution is 2.43. The van der Waals surface area contributed by atoms with Crippen LogP contribution in [0.4, 0.5) is 0 Å². The second kappa shape index (κ2) is 41.3. The molecule has 11 nitrogen and oxygen atoms in total. The third kappa shape index (κ3) is 42.4. The minimum absolute atomic E-state index is 0.0134. The van der Waals surface area contributed by atoms with E-state index in [-0.39, 0.29) is 12.8 Å². The maximum absolute atomic E-state index is 12.6. The molecule has 0 fully saturated rings. The van der Waals surface area contributed by atoms with Crippen molar-refractivity contribution in [2.75, 3.05) is 26.4 Å². The maximum atomic E-state index is 12.6. The molecule has 0 heterocycles. The van der Waals surface area contributed by atoms with Crippen LogP contribution in [0.2, 0.25) is 0 Å². The van der Waals surface area contributed by atoms with Crippen LogP contribution in [0, 0.1) is 5.92 Å². The second-order valence-corrected chi connectivity index (χ2v) is 17.6. The fourth-order valence-electron chi connectivity index (χ4n) is 6.16. The molecular weight excluding hydrogens is 771 g/mol. The standard InChI is InChI=1S/C47H85O11P/c1-4-5-6-7-8-9-10-14-18-21-24-27-30-34-43(49)35-32-37-46(51)55-40-45(41-57-59(53,54)56-39-44(50)38-48)58-47(52)36-31-28-25-22-19-16-13-11-12-15-17-20-23-26-29-33-42(2)3/h8-9,14,18,24,27,30,34,42-45,48-50H,4-7,10-13,15-17,19-23,25-26,28-29,31-33,35-41H2,1-3H3,(H,53,54)/b9-8-,18-14-,27-24-,34-30+/t43-,44+,45-/m1/s1. The molecule has 0 aliphatic heterocycles. The van der Waals surface area contributed by atoms with Gasteiger partial charge in [-0.3, -0.25) is 18.6 Å². The molecule has 0 aromatic rings. The zero-order chi connectivity index (χ0) is 43.7. The van der Waals surface area contributed by atoms with E-state index >= 15 is 0 Å². The van der Waals surface area contributed by atoms with Gasteiger partial charge in [-0.2, -0.15) is 0 Å². The molecule has 0 radical (unpaired) electrons. The Kier molecular flexibility index (Phi) is 39.8. The van der Waals surface area contributed by atoms with Gasteiger partial charge in [0.1, 0.15) is 12.7 Å². The quantitative estimate of drug-likeness (QED) is 0.0151. The van der Waals surface area contributed by atoms with E-state index in [9.17, 15) is 29.3 Å². The van der Waals surface area contributed by atoms with Crippen molar-refractivity contribution in [3.05, 3.63) is 48.6 Å². The van der Waals surface area contributed by atoms with Crippen LogP contribution >= 0.6 is 7.82 Å². The summed E-state index contributed by atoms with van der Waals surface area (Å²) in [6, 6.07) is 0. The number of phosphoric acid groups is 1. The summed E-state index contributed by atoms with van der Waals surface area (Å²) in [7, 11) is -4.66. The lowest BCUT2D eigenvalue weighted by Crippen LogP contribution is -2.30. The number of phosphoric ester groups is 1. The van der Waals surface area contributed by atoms with Crippen molar-refractivity contribution in [1.29, 1.82) is 0 Å². The molecule has 0 rings (SSSR count). The van der Waals surface area contributed by atoms with E-state index in [2.05, 4.69) is 49.6 Å². The monoisotopic (exact) mass is 857 g/mol. The third-order valence-electron chi connectivity index (χ3n) is 9.77. The van der Waals surface area contributed by atoms with Gasteiger partial charge in [0.25, 0.3) is 0 Å². The lowest BCUT2D eigenvalue weighted by atomic mass is 10.0. The number of carbonyl (C=O) groups is 2. The molecule has 0 aliphatic carbocycles. The number of aliphatic hydroxyl groups is 3. The molecule has 4 N–H and O–H groups in total. The number of hydrogen-bond acceptors (Lipinski definition) is 10. The summed E-state index contributed by atoms with van der Waals surface area (Å²) in [5.74, 6) is -0.304. The van der Waals surface area contributed by atoms with Gasteiger partial charge in [-0.15, -0.1) is 0 Å². The molecule has 0 spiro atoms. The number of esters is 2. The first-order valence-corrected chi connectivity index (χ1v) is 24.6. The fraction of sp³-hybridized carbons (Fsp3) is 0.787. The second-order valence-electron chi connectivity index (χ2n) is 16.1. The van der Waals surface area contributed by atoms with Gasteiger partial charge >= 0.3 is 19.8 Å². The molecule has 344 valence electrons. The van der Waals surface area contributed by atoms with Crippen molar-refractivity contribution in [3.63, 3.8) is 0 Å². The SMILES string of the molecule is CCCCC/C=C\C/C=C\C/C=C\C=C\[C@@H](O)CCCC(=O)OC[C@H](COP(=O)(O)OC[C@@H](O)CO)OC(=O)CCCCCCCCCCCCCCCCCC(C)C. The Morgan fingerprint density at radius 1 is 0.610 bits per heavy atom. The molecule has 0 aliphatic rings. The summed E-state index contributed by atoms with van der Waals surface area (Å²) in [5.41, 5.74) is 0. The van der Waals surface area contributed by atoms with E-state index in [0.717, 1.165) is 44.4 Å². The predicted octanol–water partition coefficient (Wildman–Crippen LogP) is 11.3. The Labute approximate surface area is 358 Å². The molecule has 0 bridgehead atoms. The molecule has 0 saturated heterocycles. The van der Waals surface area contributed by atoms with Crippen LogP contribution in [0.3, 0.4) is 0 Å². The van der Waals surface area contributed by atoms with Crippen molar-refractivity contribution in [2.24, 2.45) is 5.92 Å². The molecule has 12 heteroatoms. The molecule has 0 amide bonds. The Morgan fingerprint density at radius 3 is 1.75 bits per heavy atom. The van der Waals surface area contributed by atoms with E-state index in [1.807, 2.05) is 12.2 Å². The summed E-state index contributed by atoms with van der Waals surface area (Å²) in [5, 5.41) is 28.6. The zero-order valence-electron chi connectivity index (χ0n) is 37.2. The van der Waals surface area contributed by atoms with Gasteiger partial charge in [0.05, 0.1) is 25.9 Å². The normalized spacial score (nSPS) is 14.8. The number of allylic oxidation sites excluding steroid dienone is 7. The topological polar surface area (TPSA) is 169 Å². The summed E-state index contributed by atoms with van der Waals surface area (Å²) < 4.78 is 32.6. The van der Waals surface area contributed by atoms with Crippen LogP contribution in [0.15, 0.2) is 48.6 Å². The Bertz CT molecular complexity index is 1150. The average molecular weight is 857 g/mol. The molecule has 59 heavy (non-hydrogen) atoms. The first-order valence-electron chi connectivity index (χ1n) is 23.1. The number of unbranched alkanes of at least 4 members (excludes halogenated alkanes) is 17. The Morgan fingerprint density at radius 2 is 1.15 bits per heavy atom. The van der Waals surface area contributed by atoms with Gasteiger partial charge in [-0.25, -0.2) is 4.57 Å². The summed E-state index contributed by atoms with van der Waals surface area (Å²) >= 11 is 0. The van der Waals surface area contributed by atoms with Crippen molar-refractivity contribution in [1.82, 2.24) is 0 Å².